The largest absolute Gasteiger partial charge is 0.480 e. The van der Waals surface area contributed by atoms with Crippen LogP contribution in [0.4, 0.5) is 0 Å². The number of aliphatic imine (C=N–C) groups is 1. The number of benzene rings is 1. The first-order chi connectivity index (χ1) is 16.8. The van der Waals surface area contributed by atoms with Gasteiger partial charge in [-0.05, 0) is 55.6 Å². The van der Waals surface area contributed by atoms with Gasteiger partial charge in [-0.1, -0.05) is 37.1 Å². The summed E-state index contributed by atoms with van der Waals surface area (Å²) in [5, 5.41) is 16.7. The minimum Gasteiger partial charge on any atom is -0.480 e. The number of carboxylic acids is 1. The molecule has 190 valence electrons. The van der Waals surface area contributed by atoms with Crippen LogP contribution in [0.2, 0.25) is 0 Å². The Hall–Kier alpha value is -2.98. The molecule has 1 saturated heterocycles. The number of hydrogen-bond donors (Lipinski definition) is 5. The van der Waals surface area contributed by atoms with Crippen LogP contribution in [0.3, 0.4) is 0 Å². The number of hydrogen-bond acceptors (Lipinski definition) is 6. The molecule has 2 amide bonds. The summed E-state index contributed by atoms with van der Waals surface area (Å²) in [6.07, 6.45) is 5.76. The highest BCUT2D eigenvalue weighted by atomic mass is 16.4. The first kappa shape index (κ1) is 25.1. The summed E-state index contributed by atoms with van der Waals surface area (Å²) >= 11 is 0. The summed E-state index contributed by atoms with van der Waals surface area (Å²) < 4.78 is 0. The molecule has 2 aliphatic heterocycles. The number of nitrogens with two attached hydrogens (primary N) is 2. The number of amides is 2. The lowest BCUT2D eigenvalue weighted by molar-refractivity contribution is -0.160. The summed E-state index contributed by atoms with van der Waals surface area (Å²) in [5.41, 5.74) is 12.9. The maximum absolute atomic E-state index is 13.8. The Morgan fingerprint density at radius 2 is 1.80 bits per heavy atom. The molecule has 0 radical (unpaired) electrons. The van der Waals surface area contributed by atoms with Gasteiger partial charge >= 0.3 is 5.97 Å². The lowest BCUT2D eigenvalue weighted by Crippen LogP contribution is -2.60. The van der Waals surface area contributed by atoms with Gasteiger partial charge in [-0.15, -0.1) is 0 Å². The van der Waals surface area contributed by atoms with Gasteiger partial charge in [-0.2, -0.15) is 0 Å². The standard InChI is InChI=1S/C25H36N6O4/c26-25(27)28-11-5-10-21(24(34)35)31(23(33)20-13-16-7-3-4-9-18(16)30-20)22(32)19-12-15-6-1-2-8-17(15)14-29-19/h1-2,6,8,16,18-21,29-30H,3-5,7,9-14H2,(H,34,35)(H4,26,27,28)/t16-,18-,19+,20-,21-/m0/s1. The van der Waals surface area contributed by atoms with Crippen LogP contribution in [-0.4, -0.2) is 64.5 Å². The van der Waals surface area contributed by atoms with E-state index in [9.17, 15) is 19.5 Å². The Bertz CT molecular complexity index is 964. The maximum Gasteiger partial charge on any atom is 0.326 e. The van der Waals surface area contributed by atoms with Crippen LogP contribution in [0.1, 0.15) is 56.1 Å². The van der Waals surface area contributed by atoms with E-state index in [1.165, 1.54) is 0 Å². The van der Waals surface area contributed by atoms with E-state index in [4.69, 9.17) is 11.5 Å². The number of imide groups is 1. The molecule has 0 bridgehead atoms. The molecule has 1 aromatic rings. The fourth-order valence-corrected chi connectivity index (χ4v) is 5.75. The van der Waals surface area contributed by atoms with Gasteiger partial charge in [0.1, 0.15) is 6.04 Å². The lowest BCUT2D eigenvalue weighted by Gasteiger charge is -2.34. The second-order valence-corrected chi connectivity index (χ2v) is 9.86. The zero-order chi connectivity index (χ0) is 24.9. The Morgan fingerprint density at radius 1 is 1.09 bits per heavy atom. The molecule has 35 heavy (non-hydrogen) atoms. The number of aliphatic carboxylic acids is 1. The summed E-state index contributed by atoms with van der Waals surface area (Å²) in [6, 6.07) is 5.57. The molecule has 2 fully saturated rings. The van der Waals surface area contributed by atoms with Gasteiger partial charge in [0.05, 0.1) is 12.1 Å². The molecule has 1 aliphatic carbocycles. The van der Waals surface area contributed by atoms with Crippen molar-refractivity contribution in [3.8, 4) is 0 Å². The number of rotatable bonds is 8. The summed E-state index contributed by atoms with van der Waals surface area (Å²) in [5.74, 6) is -1.83. The fraction of sp³-hybridized carbons (Fsp3) is 0.600. The molecule has 0 aromatic heterocycles. The molecule has 10 nitrogen and oxygen atoms in total. The van der Waals surface area contributed by atoms with Crippen molar-refractivity contribution in [2.24, 2.45) is 22.4 Å². The first-order valence-electron chi connectivity index (χ1n) is 12.6. The van der Waals surface area contributed by atoms with Crippen molar-refractivity contribution in [2.45, 2.75) is 82.1 Å². The molecule has 1 aromatic carbocycles. The topological polar surface area (TPSA) is 163 Å². The van der Waals surface area contributed by atoms with Crippen molar-refractivity contribution in [3.05, 3.63) is 35.4 Å². The van der Waals surface area contributed by atoms with Crippen LogP contribution in [0.5, 0.6) is 0 Å². The average molecular weight is 485 g/mol. The van der Waals surface area contributed by atoms with Crippen LogP contribution in [-0.2, 0) is 27.3 Å². The molecule has 0 spiro atoms. The van der Waals surface area contributed by atoms with Gasteiger partial charge in [-0.3, -0.25) is 19.5 Å². The predicted octanol–water partition coefficient (Wildman–Crippen LogP) is 0.484. The van der Waals surface area contributed by atoms with Gasteiger partial charge in [0.15, 0.2) is 5.96 Å². The first-order valence-corrected chi connectivity index (χ1v) is 12.6. The number of nitrogens with zero attached hydrogens (tertiary/aromatic N) is 2. The third kappa shape index (κ3) is 5.82. The van der Waals surface area contributed by atoms with Crippen LogP contribution >= 0.6 is 0 Å². The van der Waals surface area contributed by atoms with E-state index in [-0.39, 0.29) is 25.0 Å². The highest BCUT2D eigenvalue weighted by Crippen LogP contribution is 2.34. The van der Waals surface area contributed by atoms with Gasteiger partial charge in [-0.25, -0.2) is 4.79 Å². The van der Waals surface area contributed by atoms with Gasteiger partial charge in [0.2, 0.25) is 11.8 Å². The highest BCUT2D eigenvalue weighted by molar-refractivity contribution is 6.03. The predicted molar refractivity (Wildman–Crippen MR) is 131 cm³/mol. The minimum atomic E-state index is -1.28. The van der Waals surface area contributed by atoms with E-state index in [0.29, 0.717) is 31.7 Å². The molecule has 10 heteroatoms. The monoisotopic (exact) mass is 484 g/mol. The molecule has 4 rings (SSSR count). The molecular weight excluding hydrogens is 448 g/mol. The van der Waals surface area contributed by atoms with Crippen molar-refractivity contribution in [3.63, 3.8) is 0 Å². The summed E-state index contributed by atoms with van der Waals surface area (Å²) in [6.45, 7) is 0.714. The Balaban J connectivity index is 1.56. The third-order valence-corrected chi connectivity index (χ3v) is 7.54. The summed E-state index contributed by atoms with van der Waals surface area (Å²) in [7, 11) is 0. The van der Waals surface area contributed by atoms with E-state index < -0.39 is 35.9 Å². The Kier molecular flexibility index (Phi) is 8.02. The van der Waals surface area contributed by atoms with E-state index >= 15 is 0 Å². The maximum atomic E-state index is 13.8. The van der Waals surface area contributed by atoms with Crippen molar-refractivity contribution in [1.29, 1.82) is 0 Å². The Labute approximate surface area is 205 Å². The minimum absolute atomic E-state index is 0.0759. The van der Waals surface area contributed by atoms with Crippen LogP contribution in [0.25, 0.3) is 0 Å². The second kappa shape index (κ2) is 11.2. The molecular formula is C25H36N6O4. The second-order valence-electron chi connectivity index (χ2n) is 9.86. The van der Waals surface area contributed by atoms with Crippen LogP contribution in [0, 0.1) is 5.92 Å². The number of carboxylic acid groups (broad SMARTS) is 1. The molecule has 3 aliphatic rings. The molecule has 1 saturated carbocycles. The number of carbonyl (C=O) groups excluding carboxylic acids is 2. The van der Waals surface area contributed by atoms with Crippen molar-refractivity contribution < 1.29 is 19.5 Å². The zero-order valence-electron chi connectivity index (χ0n) is 20.0. The third-order valence-electron chi connectivity index (χ3n) is 7.54. The van der Waals surface area contributed by atoms with Gasteiger partial charge < -0.3 is 27.2 Å². The van der Waals surface area contributed by atoms with Crippen LogP contribution in [0.15, 0.2) is 29.3 Å². The van der Waals surface area contributed by atoms with Crippen LogP contribution < -0.4 is 22.1 Å². The van der Waals surface area contributed by atoms with E-state index in [1.54, 1.807) is 0 Å². The number of nitrogens with one attached hydrogen (secondary N) is 2. The lowest BCUT2D eigenvalue weighted by atomic mass is 9.85. The van der Waals surface area contributed by atoms with E-state index in [0.717, 1.165) is 41.7 Å². The van der Waals surface area contributed by atoms with Crippen molar-refractivity contribution in [1.82, 2.24) is 15.5 Å². The molecule has 0 unspecified atom stereocenters. The molecule has 7 N–H and O–H groups in total. The quantitative estimate of drug-likeness (QED) is 0.154. The fourth-order valence-electron chi connectivity index (χ4n) is 5.75. The number of guanidine groups is 1. The van der Waals surface area contributed by atoms with Gasteiger partial charge in [0.25, 0.3) is 0 Å². The molecule has 2 heterocycles. The highest BCUT2D eigenvalue weighted by Gasteiger charge is 2.45. The van der Waals surface area contributed by atoms with E-state index in [2.05, 4.69) is 15.6 Å². The number of carbonyl (C=O) groups is 3. The number of fused-ring (bicyclic) bond motifs is 2. The SMILES string of the molecule is NC(N)=NCCC[C@@H](C(=O)O)N(C(=O)[C@@H]1C[C@@H]2CCCC[C@@H]2N1)C(=O)[C@H]1Cc2ccccc2CN1. The van der Waals surface area contributed by atoms with Gasteiger partial charge in [0, 0.05) is 19.1 Å². The average Bonchev–Trinajstić information content (AvgIpc) is 3.29. The van der Waals surface area contributed by atoms with E-state index in [1.807, 2.05) is 24.3 Å². The summed E-state index contributed by atoms with van der Waals surface area (Å²) in [4.78, 5) is 44.9. The normalized spacial score (nSPS) is 26.2. The van der Waals surface area contributed by atoms with Crippen molar-refractivity contribution >= 4 is 23.7 Å². The zero-order valence-corrected chi connectivity index (χ0v) is 20.0. The Morgan fingerprint density at radius 3 is 2.51 bits per heavy atom. The van der Waals surface area contributed by atoms with Crippen molar-refractivity contribution in [2.75, 3.05) is 6.54 Å². The molecule has 5 atom stereocenters. The smallest absolute Gasteiger partial charge is 0.326 e.